The van der Waals surface area contributed by atoms with E-state index < -0.39 is 0 Å². The van der Waals surface area contributed by atoms with Crippen LogP contribution in [0.4, 0.5) is 0 Å². The lowest BCUT2D eigenvalue weighted by molar-refractivity contribution is 0.481. The Labute approximate surface area is 165 Å². The van der Waals surface area contributed by atoms with Crippen molar-refractivity contribution in [1.29, 1.82) is 0 Å². The molecule has 0 saturated carbocycles. The zero-order valence-electron chi connectivity index (χ0n) is 13.9. The molecule has 0 radical (unpaired) electrons. The molecule has 0 aliphatic rings. The maximum Gasteiger partial charge on any atom is 0.127 e. The van der Waals surface area contributed by atoms with Crippen LogP contribution in [0.5, 0.6) is 11.5 Å². The van der Waals surface area contributed by atoms with E-state index in [0.717, 1.165) is 27.0 Å². The fraction of sp³-hybridized carbons (Fsp3) is 0.143. The average molecular weight is 461 g/mol. The molecule has 3 aromatic rings. The number of benzene rings is 3. The van der Waals surface area contributed by atoms with E-state index in [2.05, 4.69) is 74.4 Å². The Morgan fingerprint density at radius 2 is 1.64 bits per heavy atom. The minimum Gasteiger partial charge on any atom is -0.457 e. The lowest BCUT2D eigenvalue weighted by Gasteiger charge is -2.16. The van der Waals surface area contributed by atoms with Gasteiger partial charge in [0.25, 0.3) is 0 Å². The van der Waals surface area contributed by atoms with Crippen LogP contribution in [0.2, 0.25) is 0 Å². The summed E-state index contributed by atoms with van der Waals surface area (Å²) in [7, 11) is 0. The van der Waals surface area contributed by atoms with Crippen LogP contribution in [0.15, 0.2) is 81.7 Å². The third kappa shape index (κ3) is 5.18. The van der Waals surface area contributed by atoms with Crippen LogP contribution in [0, 0.1) is 0 Å². The van der Waals surface area contributed by atoms with E-state index in [1.54, 1.807) is 0 Å². The van der Waals surface area contributed by atoms with Crippen molar-refractivity contribution in [3.63, 3.8) is 0 Å². The van der Waals surface area contributed by atoms with Crippen LogP contribution in [0.25, 0.3) is 0 Å². The topological polar surface area (TPSA) is 21.3 Å². The van der Waals surface area contributed by atoms with Crippen LogP contribution in [0.1, 0.15) is 24.1 Å². The second-order valence-electron chi connectivity index (χ2n) is 5.83. The summed E-state index contributed by atoms with van der Waals surface area (Å²) in [4.78, 5) is 0. The highest BCUT2D eigenvalue weighted by molar-refractivity contribution is 9.11. The van der Waals surface area contributed by atoms with Crippen molar-refractivity contribution < 1.29 is 4.74 Å². The summed E-state index contributed by atoms with van der Waals surface area (Å²) < 4.78 is 8.07. The van der Waals surface area contributed by atoms with Crippen molar-refractivity contribution in [1.82, 2.24) is 5.32 Å². The number of para-hydroxylation sites is 1. The fourth-order valence-electron chi connectivity index (χ4n) is 2.58. The lowest BCUT2D eigenvalue weighted by Crippen LogP contribution is -2.18. The number of nitrogens with one attached hydrogen (secondary N) is 1. The standard InChI is InChI=1S/C21H19Br2NO/c1-15(20-11-10-17(22)13-21(20)23)24-14-16-6-5-9-19(12-16)25-18-7-3-2-4-8-18/h2-13,15,24H,14H2,1H3. The number of hydrogen-bond acceptors (Lipinski definition) is 2. The van der Waals surface area contributed by atoms with Gasteiger partial charge in [0.05, 0.1) is 0 Å². The molecule has 0 fully saturated rings. The highest BCUT2D eigenvalue weighted by Crippen LogP contribution is 2.27. The quantitative estimate of drug-likeness (QED) is 0.434. The number of ether oxygens (including phenoxy) is 1. The molecule has 0 aromatic heterocycles. The van der Waals surface area contributed by atoms with Gasteiger partial charge in [-0.3, -0.25) is 0 Å². The first-order valence-corrected chi connectivity index (χ1v) is 9.70. The van der Waals surface area contributed by atoms with E-state index in [1.165, 1.54) is 11.1 Å². The molecule has 3 rings (SSSR count). The van der Waals surface area contributed by atoms with Gasteiger partial charge >= 0.3 is 0 Å². The van der Waals surface area contributed by atoms with Gasteiger partial charge in [0.2, 0.25) is 0 Å². The first kappa shape index (κ1) is 18.2. The fourth-order valence-corrected chi connectivity index (χ4v) is 3.97. The molecular weight excluding hydrogens is 442 g/mol. The molecule has 1 N–H and O–H groups in total. The molecule has 25 heavy (non-hydrogen) atoms. The molecule has 1 atom stereocenters. The maximum atomic E-state index is 5.90. The summed E-state index contributed by atoms with van der Waals surface area (Å²) in [5.74, 6) is 1.70. The second kappa shape index (κ2) is 8.65. The van der Waals surface area contributed by atoms with Gasteiger partial charge in [0.15, 0.2) is 0 Å². The minimum atomic E-state index is 0.237. The maximum absolute atomic E-state index is 5.90. The van der Waals surface area contributed by atoms with Crippen LogP contribution < -0.4 is 10.1 Å². The lowest BCUT2D eigenvalue weighted by atomic mass is 10.1. The molecule has 0 aliphatic carbocycles. The summed E-state index contributed by atoms with van der Waals surface area (Å²) in [6.45, 7) is 2.94. The van der Waals surface area contributed by atoms with Gasteiger partial charge in [-0.1, -0.05) is 68.3 Å². The molecular formula is C21H19Br2NO. The molecule has 128 valence electrons. The molecule has 0 aliphatic heterocycles. The van der Waals surface area contributed by atoms with Crippen LogP contribution in [-0.2, 0) is 6.54 Å². The van der Waals surface area contributed by atoms with E-state index >= 15 is 0 Å². The third-order valence-corrected chi connectivity index (χ3v) is 5.10. The van der Waals surface area contributed by atoms with Gasteiger partial charge < -0.3 is 10.1 Å². The van der Waals surface area contributed by atoms with Gasteiger partial charge in [-0.15, -0.1) is 0 Å². The van der Waals surface area contributed by atoms with Crippen LogP contribution in [-0.4, -0.2) is 0 Å². The summed E-state index contributed by atoms with van der Waals surface area (Å²) in [6.07, 6.45) is 0. The van der Waals surface area contributed by atoms with Crippen molar-refractivity contribution in [2.24, 2.45) is 0 Å². The number of rotatable bonds is 6. The summed E-state index contributed by atoms with van der Waals surface area (Å²) in [5.41, 5.74) is 2.42. The Bertz CT molecular complexity index is 836. The van der Waals surface area contributed by atoms with Gasteiger partial charge in [-0.2, -0.15) is 0 Å². The van der Waals surface area contributed by atoms with E-state index in [-0.39, 0.29) is 6.04 Å². The van der Waals surface area contributed by atoms with Gasteiger partial charge in [-0.05, 0) is 54.4 Å². The Balaban J connectivity index is 1.64. The molecule has 2 nitrogen and oxygen atoms in total. The van der Waals surface area contributed by atoms with E-state index in [0.29, 0.717) is 0 Å². The highest BCUT2D eigenvalue weighted by atomic mass is 79.9. The van der Waals surface area contributed by atoms with Crippen molar-refractivity contribution in [3.8, 4) is 11.5 Å². The zero-order valence-corrected chi connectivity index (χ0v) is 17.0. The van der Waals surface area contributed by atoms with Crippen LogP contribution in [0.3, 0.4) is 0 Å². The first-order valence-electron chi connectivity index (χ1n) is 8.12. The van der Waals surface area contributed by atoms with Gasteiger partial charge in [0, 0.05) is 21.5 Å². The predicted molar refractivity (Wildman–Crippen MR) is 110 cm³/mol. The van der Waals surface area contributed by atoms with Crippen molar-refractivity contribution in [2.45, 2.75) is 19.5 Å². The largest absolute Gasteiger partial charge is 0.457 e. The normalized spacial score (nSPS) is 12.0. The molecule has 0 amide bonds. The van der Waals surface area contributed by atoms with Crippen molar-refractivity contribution >= 4 is 31.9 Å². The highest BCUT2D eigenvalue weighted by Gasteiger charge is 2.09. The van der Waals surface area contributed by atoms with Crippen LogP contribution >= 0.6 is 31.9 Å². The molecule has 0 bridgehead atoms. The number of hydrogen-bond donors (Lipinski definition) is 1. The predicted octanol–water partition coefficient (Wildman–Crippen LogP) is 6.85. The molecule has 0 heterocycles. The first-order chi connectivity index (χ1) is 12.1. The summed E-state index contributed by atoms with van der Waals surface area (Å²) >= 11 is 7.12. The van der Waals surface area contributed by atoms with Gasteiger partial charge in [-0.25, -0.2) is 0 Å². The van der Waals surface area contributed by atoms with Gasteiger partial charge in [0.1, 0.15) is 11.5 Å². The summed E-state index contributed by atoms with van der Waals surface area (Å²) in [6, 6.07) is 24.5. The number of halogens is 2. The molecule has 1 unspecified atom stereocenters. The monoisotopic (exact) mass is 459 g/mol. The Morgan fingerprint density at radius 3 is 2.40 bits per heavy atom. The molecule has 4 heteroatoms. The second-order valence-corrected chi connectivity index (χ2v) is 7.60. The zero-order chi connectivity index (χ0) is 17.6. The van der Waals surface area contributed by atoms with E-state index in [1.807, 2.05) is 42.5 Å². The smallest absolute Gasteiger partial charge is 0.127 e. The van der Waals surface area contributed by atoms with E-state index in [9.17, 15) is 0 Å². The summed E-state index contributed by atoms with van der Waals surface area (Å²) in [5, 5.41) is 3.57. The molecule has 3 aromatic carbocycles. The van der Waals surface area contributed by atoms with E-state index in [4.69, 9.17) is 4.74 Å². The Morgan fingerprint density at radius 1 is 0.880 bits per heavy atom. The van der Waals surface area contributed by atoms with Crippen molar-refractivity contribution in [3.05, 3.63) is 92.9 Å². The third-order valence-electron chi connectivity index (χ3n) is 3.92. The Kier molecular flexibility index (Phi) is 6.29. The molecule has 0 spiro atoms. The molecule has 0 saturated heterocycles. The van der Waals surface area contributed by atoms with Crippen molar-refractivity contribution in [2.75, 3.05) is 0 Å². The average Bonchev–Trinajstić information content (AvgIpc) is 2.61. The SMILES string of the molecule is CC(NCc1cccc(Oc2ccccc2)c1)c1ccc(Br)cc1Br. The minimum absolute atomic E-state index is 0.237. The Hall–Kier alpha value is -1.62.